The van der Waals surface area contributed by atoms with Crippen molar-refractivity contribution in [3.05, 3.63) is 29.6 Å². The van der Waals surface area contributed by atoms with E-state index in [-0.39, 0.29) is 24.4 Å². The molecule has 0 unspecified atom stereocenters. The van der Waals surface area contributed by atoms with Crippen LogP contribution in [0.25, 0.3) is 0 Å². The second-order valence-electron chi connectivity index (χ2n) is 3.21. The second-order valence-corrected chi connectivity index (χ2v) is 3.21. The van der Waals surface area contributed by atoms with Gasteiger partial charge in [-0.05, 0) is 12.1 Å². The molecule has 1 aromatic rings. The molecule has 1 heterocycles. The predicted octanol–water partition coefficient (Wildman–Crippen LogP) is -0.755. The fraction of sp³-hybridized carbons (Fsp3) is 0.300. The highest BCUT2D eigenvalue weighted by Gasteiger charge is 2.19. The Hall–Kier alpha value is -1.95. The van der Waals surface area contributed by atoms with Crippen molar-refractivity contribution < 1.29 is 14.7 Å². The molecule has 6 nitrogen and oxygen atoms in total. The molecule has 1 rings (SSSR count). The van der Waals surface area contributed by atoms with E-state index in [0.717, 1.165) is 0 Å². The number of nitrogens with zero attached hydrogens (tertiary/aromatic N) is 2. The van der Waals surface area contributed by atoms with Gasteiger partial charge in [-0.15, -0.1) is 0 Å². The Balaban J connectivity index is 3.03. The van der Waals surface area contributed by atoms with Gasteiger partial charge in [-0.25, -0.2) is 0 Å². The summed E-state index contributed by atoms with van der Waals surface area (Å²) < 4.78 is 0. The maximum Gasteiger partial charge on any atom is 0.273 e. The summed E-state index contributed by atoms with van der Waals surface area (Å²) in [4.78, 5) is 28.0. The Labute approximate surface area is 92.7 Å². The van der Waals surface area contributed by atoms with E-state index in [1.54, 1.807) is 0 Å². The first kappa shape index (κ1) is 12.1. The van der Waals surface area contributed by atoms with Crippen molar-refractivity contribution in [1.82, 2.24) is 9.88 Å². The van der Waals surface area contributed by atoms with Gasteiger partial charge in [0.2, 0.25) is 0 Å². The number of aliphatic hydroxyl groups is 1. The van der Waals surface area contributed by atoms with Crippen LogP contribution in [0.2, 0.25) is 0 Å². The Morgan fingerprint density at radius 2 is 2.25 bits per heavy atom. The molecular formula is C10H13N3O3. The third-order valence-corrected chi connectivity index (χ3v) is 2.06. The van der Waals surface area contributed by atoms with Gasteiger partial charge in [0.25, 0.3) is 11.8 Å². The smallest absolute Gasteiger partial charge is 0.273 e. The molecule has 0 saturated carbocycles. The summed E-state index contributed by atoms with van der Waals surface area (Å²) in [7, 11) is 1.51. The molecular weight excluding hydrogens is 210 g/mol. The number of likely N-dealkylation sites (N-methyl/N-ethyl adjacent to an activating group) is 1. The van der Waals surface area contributed by atoms with E-state index in [2.05, 4.69) is 4.98 Å². The fourth-order valence-corrected chi connectivity index (χ4v) is 1.21. The molecule has 0 fully saturated rings. The van der Waals surface area contributed by atoms with Crippen molar-refractivity contribution in [1.29, 1.82) is 0 Å². The number of nitrogens with two attached hydrogens (primary N) is 1. The summed E-state index contributed by atoms with van der Waals surface area (Å²) in [6.45, 7) is 0.0224. The molecule has 16 heavy (non-hydrogen) atoms. The quantitative estimate of drug-likeness (QED) is 0.701. The molecule has 0 spiro atoms. The van der Waals surface area contributed by atoms with Crippen LogP contribution in [-0.2, 0) is 0 Å². The molecule has 0 saturated heterocycles. The normalized spacial score (nSPS) is 9.88. The highest BCUT2D eigenvalue weighted by Crippen LogP contribution is 2.07. The second kappa shape index (κ2) is 5.22. The first-order valence-corrected chi connectivity index (χ1v) is 4.69. The molecule has 0 atom stereocenters. The van der Waals surface area contributed by atoms with Gasteiger partial charge in [-0.1, -0.05) is 0 Å². The number of rotatable bonds is 4. The van der Waals surface area contributed by atoms with Crippen LogP contribution < -0.4 is 5.73 Å². The third kappa shape index (κ3) is 2.54. The first-order valence-electron chi connectivity index (χ1n) is 4.69. The van der Waals surface area contributed by atoms with Gasteiger partial charge in [0.05, 0.1) is 12.2 Å². The van der Waals surface area contributed by atoms with Gasteiger partial charge in [0.1, 0.15) is 5.69 Å². The van der Waals surface area contributed by atoms with Gasteiger partial charge >= 0.3 is 0 Å². The standard InChI is InChI=1S/C10H13N3O3/c1-13(5-6-14)10(16)8-7(9(11)15)3-2-4-12-8/h2-4,14H,5-6H2,1H3,(H2,11,15). The summed E-state index contributed by atoms with van der Waals surface area (Å²) in [5, 5.41) is 8.71. The van der Waals surface area contributed by atoms with Crippen LogP contribution in [0.3, 0.4) is 0 Å². The Morgan fingerprint density at radius 1 is 1.56 bits per heavy atom. The van der Waals surface area contributed by atoms with E-state index in [1.165, 1.54) is 30.3 Å². The highest BCUT2D eigenvalue weighted by atomic mass is 16.3. The summed E-state index contributed by atoms with van der Waals surface area (Å²) in [6, 6.07) is 2.97. The van der Waals surface area contributed by atoms with Crippen LogP contribution in [0.5, 0.6) is 0 Å². The molecule has 0 aliphatic heterocycles. The molecule has 6 heteroatoms. The van der Waals surface area contributed by atoms with Crippen molar-refractivity contribution in [3.8, 4) is 0 Å². The SMILES string of the molecule is CN(CCO)C(=O)c1ncccc1C(N)=O. The lowest BCUT2D eigenvalue weighted by molar-refractivity contribution is 0.0756. The zero-order valence-electron chi connectivity index (χ0n) is 8.88. The lowest BCUT2D eigenvalue weighted by atomic mass is 10.1. The number of carbonyl (C=O) groups is 2. The Morgan fingerprint density at radius 3 is 2.81 bits per heavy atom. The lowest BCUT2D eigenvalue weighted by Crippen LogP contribution is -2.32. The fourth-order valence-electron chi connectivity index (χ4n) is 1.21. The number of aliphatic hydroxyl groups excluding tert-OH is 1. The maximum atomic E-state index is 11.8. The lowest BCUT2D eigenvalue weighted by Gasteiger charge is -2.15. The highest BCUT2D eigenvalue weighted by molar-refractivity contribution is 6.05. The van der Waals surface area contributed by atoms with Gasteiger partial charge in [0.15, 0.2) is 0 Å². The number of amides is 2. The monoisotopic (exact) mass is 223 g/mol. The molecule has 0 bridgehead atoms. The van der Waals surface area contributed by atoms with Crippen LogP contribution in [0.1, 0.15) is 20.8 Å². The minimum atomic E-state index is -0.700. The van der Waals surface area contributed by atoms with Gasteiger partial charge in [-0.2, -0.15) is 0 Å². The average molecular weight is 223 g/mol. The summed E-state index contributed by atoms with van der Waals surface area (Å²) >= 11 is 0. The predicted molar refractivity (Wildman–Crippen MR) is 56.8 cm³/mol. The number of pyridine rings is 1. The molecule has 3 N–H and O–H groups in total. The van der Waals surface area contributed by atoms with Crippen LogP contribution in [0, 0.1) is 0 Å². The van der Waals surface area contributed by atoms with Gasteiger partial charge in [0, 0.05) is 19.8 Å². The minimum absolute atomic E-state index is 0.00551. The summed E-state index contributed by atoms with van der Waals surface area (Å²) in [5.74, 6) is -1.14. The van der Waals surface area contributed by atoms with Crippen molar-refractivity contribution in [2.75, 3.05) is 20.2 Å². The van der Waals surface area contributed by atoms with Crippen molar-refractivity contribution >= 4 is 11.8 Å². The largest absolute Gasteiger partial charge is 0.395 e. The van der Waals surface area contributed by atoms with Crippen LogP contribution >= 0.6 is 0 Å². The van der Waals surface area contributed by atoms with Gasteiger partial charge in [-0.3, -0.25) is 14.6 Å². The molecule has 86 valence electrons. The average Bonchev–Trinajstić information content (AvgIpc) is 2.28. The van der Waals surface area contributed by atoms with E-state index in [4.69, 9.17) is 10.8 Å². The van der Waals surface area contributed by atoms with Crippen molar-refractivity contribution in [3.63, 3.8) is 0 Å². The van der Waals surface area contributed by atoms with Crippen LogP contribution in [-0.4, -0.2) is 47.0 Å². The maximum absolute atomic E-state index is 11.8. The van der Waals surface area contributed by atoms with E-state index < -0.39 is 11.8 Å². The zero-order chi connectivity index (χ0) is 12.1. The first-order chi connectivity index (χ1) is 7.57. The molecule has 1 aromatic heterocycles. The minimum Gasteiger partial charge on any atom is -0.395 e. The zero-order valence-corrected chi connectivity index (χ0v) is 8.88. The van der Waals surface area contributed by atoms with Crippen molar-refractivity contribution in [2.24, 2.45) is 5.73 Å². The molecule has 0 aliphatic rings. The van der Waals surface area contributed by atoms with Crippen molar-refractivity contribution in [2.45, 2.75) is 0 Å². The van der Waals surface area contributed by atoms with Gasteiger partial charge < -0.3 is 15.7 Å². The Bertz CT molecular complexity index is 406. The topological polar surface area (TPSA) is 96.5 Å². The number of primary amides is 1. The van der Waals surface area contributed by atoms with E-state index in [9.17, 15) is 9.59 Å². The Kier molecular flexibility index (Phi) is 3.96. The van der Waals surface area contributed by atoms with Crippen LogP contribution in [0.4, 0.5) is 0 Å². The number of carbonyl (C=O) groups excluding carboxylic acids is 2. The number of hydrogen-bond donors (Lipinski definition) is 2. The van der Waals surface area contributed by atoms with E-state index in [1.807, 2.05) is 0 Å². The molecule has 0 aromatic carbocycles. The molecule has 0 radical (unpaired) electrons. The van der Waals surface area contributed by atoms with E-state index in [0.29, 0.717) is 0 Å². The van der Waals surface area contributed by atoms with Crippen LogP contribution in [0.15, 0.2) is 18.3 Å². The third-order valence-electron chi connectivity index (χ3n) is 2.06. The number of hydrogen-bond acceptors (Lipinski definition) is 4. The molecule has 2 amide bonds. The summed E-state index contributed by atoms with van der Waals surface area (Å²) in [5.41, 5.74) is 5.21. The molecule has 0 aliphatic carbocycles. The number of aromatic nitrogens is 1. The summed E-state index contributed by atoms with van der Waals surface area (Å²) in [6.07, 6.45) is 1.41. The van der Waals surface area contributed by atoms with E-state index >= 15 is 0 Å².